The zero-order chi connectivity index (χ0) is 10.8. The van der Waals surface area contributed by atoms with Crippen molar-refractivity contribution in [2.75, 3.05) is 11.1 Å². The molecule has 1 fully saturated rings. The van der Waals surface area contributed by atoms with Crippen LogP contribution in [0.1, 0.15) is 18.9 Å². The topological polar surface area (TPSA) is 12.0 Å². The van der Waals surface area contributed by atoms with Gasteiger partial charge in [0.1, 0.15) is 5.82 Å². The molecule has 2 rings (SSSR count). The average Bonchev–Trinajstić information content (AvgIpc) is 2.58. The molecule has 0 aliphatic carbocycles. The van der Waals surface area contributed by atoms with Crippen LogP contribution >= 0.6 is 11.8 Å². The summed E-state index contributed by atoms with van der Waals surface area (Å²) in [7, 11) is 0. The molecule has 1 heterocycles. The van der Waals surface area contributed by atoms with Gasteiger partial charge < -0.3 is 5.32 Å². The summed E-state index contributed by atoms with van der Waals surface area (Å²) >= 11 is 1.98. The highest BCUT2D eigenvalue weighted by Gasteiger charge is 2.21. The molecule has 0 spiro atoms. The largest absolute Gasteiger partial charge is 0.381 e. The number of benzene rings is 1. The Morgan fingerprint density at radius 2 is 2.27 bits per heavy atom. The van der Waals surface area contributed by atoms with E-state index in [4.69, 9.17) is 0 Å². The van der Waals surface area contributed by atoms with Crippen LogP contribution in [0.2, 0.25) is 0 Å². The van der Waals surface area contributed by atoms with Gasteiger partial charge in [0.05, 0.1) is 0 Å². The summed E-state index contributed by atoms with van der Waals surface area (Å²) in [6.45, 7) is 4.25. The van der Waals surface area contributed by atoms with Gasteiger partial charge in [-0.15, -0.1) is 0 Å². The van der Waals surface area contributed by atoms with Crippen molar-refractivity contribution >= 4 is 17.4 Å². The van der Waals surface area contributed by atoms with E-state index in [-0.39, 0.29) is 5.82 Å². The van der Waals surface area contributed by atoms with Gasteiger partial charge in [-0.2, -0.15) is 11.8 Å². The minimum atomic E-state index is -0.165. The summed E-state index contributed by atoms with van der Waals surface area (Å²) in [5.41, 5.74) is 2.05. The van der Waals surface area contributed by atoms with Crippen molar-refractivity contribution in [2.45, 2.75) is 31.6 Å². The highest BCUT2D eigenvalue weighted by molar-refractivity contribution is 8.00. The van der Waals surface area contributed by atoms with E-state index < -0.39 is 0 Å². The van der Waals surface area contributed by atoms with E-state index in [1.807, 2.05) is 24.8 Å². The van der Waals surface area contributed by atoms with Gasteiger partial charge in [0.15, 0.2) is 0 Å². The Morgan fingerprint density at radius 1 is 1.47 bits per heavy atom. The molecule has 2 atom stereocenters. The fourth-order valence-corrected chi connectivity index (χ4v) is 3.04. The quantitative estimate of drug-likeness (QED) is 0.827. The van der Waals surface area contributed by atoms with E-state index in [1.54, 1.807) is 6.07 Å². The molecule has 3 heteroatoms. The van der Waals surface area contributed by atoms with Gasteiger partial charge >= 0.3 is 0 Å². The zero-order valence-electron chi connectivity index (χ0n) is 9.09. The molecule has 1 nitrogen and oxygen atoms in total. The summed E-state index contributed by atoms with van der Waals surface area (Å²) in [5, 5.41) is 4.14. The molecule has 1 saturated heterocycles. The van der Waals surface area contributed by atoms with Crippen molar-refractivity contribution in [3.05, 3.63) is 29.6 Å². The smallest absolute Gasteiger partial charge is 0.125 e. The normalized spacial score (nSPS) is 25.5. The van der Waals surface area contributed by atoms with Gasteiger partial charge in [-0.05, 0) is 31.0 Å². The number of nitrogens with one attached hydrogen (secondary N) is 1. The van der Waals surface area contributed by atoms with Crippen LogP contribution in [0, 0.1) is 12.7 Å². The molecular weight excluding hydrogens is 209 g/mol. The van der Waals surface area contributed by atoms with Crippen LogP contribution < -0.4 is 5.32 Å². The number of thioether (sulfide) groups is 1. The van der Waals surface area contributed by atoms with Crippen LogP contribution in [0.3, 0.4) is 0 Å². The highest BCUT2D eigenvalue weighted by atomic mass is 32.2. The lowest BCUT2D eigenvalue weighted by Crippen LogP contribution is -2.19. The van der Waals surface area contributed by atoms with Gasteiger partial charge in [-0.1, -0.05) is 13.0 Å². The number of hydrogen-bond donors (Lipinski definition) is 1. The molecule has 1 aromatic rings. The maximum absolute atomic E-state index is 13.1. The minimum Gasteiger partial charge on any atom is -0.381 e. The summed E-state index contributed by atoms with van der Waals surface area (Å²) in [6, 6.07) is 5.41. The van der Waals surface area contributed by atoms with E-state index >= 15 is 0 Å². The standard InChI is InChI=1S/C12H16FNS/c1-8-3-4-10(13)6-12(8)14-11-5-9(2)15-7-11/h3-4,6,9,11,14H,5,7H2,1-2H3. The second-order valence-electron chi connectivity index (χ2n) is 4.18. The maximum Gasteiger partial charge on any atom is 0.125 e. The third-order valence-electron chi connectivity index (χ3n) is 2.76. The summed E-state index contributed by atoms with van der Waals surface area (Å²) in [4.78, 5) is 0. The van der Waals surface area contributed by atoms with Gasteiger partial charge in [-0.3, -0.25) is 0 Å². The van der Waals surface area contributed by atoms with Gasteiger partial charge in [0, 0.05) is 22.7 Å². The van der Waals surface area contributed by atoms with E-state index in [1.165, 1.54) is 12.5 Å². The van der Waals surface area contributed by atoms with Crippen LogP contribution in [-0.2, 0) is 0 Å². The summed E-state index contributed by atoms with van der Waals surface area (Å²) < 4.78 is 13.1. The molecule has 1 aliphatic rings. The van der Waals surface area contributed by atoms with E-state index in [0.717, 1.165) is 22.3 Å². The second kappa shape index (κ2) is 4.44. The van der Waals surface area contributed by atoms with Crippen molar-refractivity contribution in [3.8, 4) is 0 Å². The van der Waals surface area contributed by atoms with E-state index in [0.29, 0.717) is 6.04 Å². The lowest BCUT2D eigenvalue weighted by atomic mass is 10.1. The van der Waals surface area contributed by atoms with Crippen molar-refractivity contribution in [3.63, 3.8) is 0 Å². The van der Waals surface area contributed by atoms with Crippen molar-refractivity contribution in [2.24, 2.45) is 0 Å². The number of anilines is 1. The first-order valence-electron chi connectivity index (χ1n) is 5.29. The van der Waals surface area contributed by atoms with Crippen molar-refractivity contribution in [1.82, 2.24) is 0 Å². The fraction of sp³-hybridized carbons (Fsp3) is 0.500. The Kier molecular flexibility index (Phi) is 3.19. The number of aryl methyl sites for hydroxylation is 1. The molecule has 1 N–H and O–H groups in total. The number of rotatable bonds is 2. The second-order valence-corrected chi connectivity index (χ2v) is 5.65. The molecule has 2 unspecified atom stereocenters. The molecule has 1 aromatic carbocycles. The first kappa shape index (κ1) is 10.8. The Hall–Kier alpha value is -0.700. The van der Waals surface area contributed by atoms with Gasteiger partial charge in [0.2, 0.25) is 0 Å². The molecule has 0 aromatic heterocycles. The van der Waals surface area contributed by atoms with E-state index in [9.17, 15) is 4.39 Å². The molecule has 0 radical (unpaired) electrons. The molecule has 82 valence electrons. The fourth-order valence-electron chi connectivity index (χ4n) is 1.89. The Balaban J connectivity index is 2.07. The third kappa shape index (κ3) is 2.65. The molecule has 1 aliphatic heterocycles. The van der Waals surface area contributed by atoms with Crippen molar-refractivity contribution in [1.29, 1.82) is 0 Å². The molecule has 0 bridgehead atoms. The van der Waals surface area contributed by atoms with E-state index in [2.05, 4.69) is 12.2 Å². The van der Waals surface area contributed by atoms with Gasteiger partial charge in [-0.25, -0.2) is 4.39 Å². The van der Waals surface area contributed by atoms with Crippen LogP contribution in [0.25, 0.3) is 0 Å². The number of halogens is 1. The predicted molar refractivity (Wildman–Crippen MR) is 65.1 cm³/mol. The summed E-state index contributed by atoms with van der Waals surface area (Å²) in [6.07, 6.45) is 1.17. The van der Waals surface area contributed by atoms with Crippen LogP contribution in [0.4, 0.5) is 10.1 Å². The lowest BCUT2D eigenvalue weighted by molar-refractivity contribution is 0.627. The van der Waals surface area contributed by atoms with Crippen LogP contribution in [-0.4, -0.2) is 17.0 Å². The first-order chi connectivity index (χ1) is 7.15. The Morgan fingerprint density at radius 3 is 2.93 bits per heavy atom. The Bertz CT molecular complexity index is 353. The van der Waals surface area contributed by atoms with Crippen LogP contribution in [0.15, 0.2) is 18.2 Å². The van der Waals surface area contributed by atoms with Gasteiger partial charge in [0.25, 0.3) is 0 Å². The molecule has 0 amide bonds. The summed E-state index contributed by atoms with van der Waals surface area (Å²) in [5.74, 6) is 0.957. The third-order valence-corrected chi connectivity index (χ3v) is 4.11. The lowest BCUT2D eigenvalue weighted by Gasteiger charge is -2.15. The monoisotopic (exact) mass is 225 g/mol. The number of hydrogen-bond acceptors (Lipinski definition) is 2. The molecule has 0 saturated carbocycles. The molecule has 15 heavy (non-hydrogen) atoms. The average molecular weight is 225 g/mol. The van der Waals surface area contributed by atoms with Crippen LogP contribution in [0.5, 0.6) is 0 Å². The van der Waals surface area contributed by atoms with Crippen molar-refractivity contribution < 1.29 is 4.39 Å². The predicted octanol–water partition coefficient (Wildman–Crippen LogP) is 3.44. The first-order valence-corrected chi connectivity index (χ1v) is 6.34. The molecular formula is C12H16FNS. The maximum atomic E-state index is 13.1. The highest BCUT2D eigenvalue weighted by Crippen LogP contribution is 2.29. The zero-order valence-corrected chi connectivity index (χ0v) is 9.90. The minimum absolute atomic E-state index is 0.165. The Labute approximate surface area is 94.5 Å². The SMILES string of the molecule is Cc1ccc(F)cc1NC1CSC(C)C1.